The normalized spacial score (nSPS) is 15.0. The zero-order valence-electron chi connectivity index (χ0n) is 11.7. The third-order valence-electron chi connectivity index (χ3n) is 2.47. The molecule has 0 fully saturated rings. The van der Waals surface area contributed by atoms with Gasteiger partial charge < -0.3 is 5.32 Å². The summed E-state index contributed by atoms with van der Waals surface area (Å²) in [5, 5.41) is 3.04. The summed E-state index contributed by atoms with van der Waals surface area (Å²) in [6.07, 6.45) is 7.80. The lowest BCUT2D eigenvalue weighted by Gasteiger charge is -2.05. The van der Waals surface area contributed by atoms with Gasteiger partial charge in [0.05, 0.1) is 0 Å². The van der Waals surface area contributed by atoms with Gasteiger partial charge in [0.1, 0.15) is 0 Å². The number of hydrogen-bond acceptors (Lipinski definition) is 1. The van der Waals surface area contributed by atoms with E-state index in [-0.39, 0.29) is 6.54 Å². The molecule has 0 unspecified atom stereocenters. The van der Waals surface area contributed by atoms with E-state index in [0.717, 1.165) is 12.1 Å². The molecule has 1 N–H and O–H groups in total. The smallest absolute Gasteiger partial charge is 0.156 e. The van der Waals surface area contributed by atoms with Crippen LogP contribution in [-0.2, 0) is 0 Å². The van der Waals surface area contributed by atoms with Crippen LogP contribution in [0.15, 0.2) is 47.2 Å². The van der Waals surface area contributed by atoms with E-state index in [4.69, 9.17) is 0 Å². The van der Waals surface area contributed by atoms with Crippen molar-refractivity contribution in [2.45, 2.75) is 40.5 Å². The van der Waals surface area contributed by atoms with E-state index < -0.39 is 11.7 Å². The van der Waals surface area contributed by atoms with E-state index >= 15 is 0 Å². The summed E-state index contributed by atoms with van der Waals surface area (Å²) in [6, 6.07) is 0. The first-order valence-corrected chi connectivity index (χ1v) is 6.34. The Morgan fingerprint density at radius 3 is 2.22 bits per heavy atom. The van der Waals surface area contributed by atoms with Gasteiger partial charge in [-0.05, 0) is 44.9 Å². The Morgan fingerprint density at radius 2 is 1.72 bits per heavy atom. The molecule has 0 spiro atoms. The minimum Gasteiger partial charge on any atom is -0.382 e. The van der Waals surface area contributed by atoms with Gasteiger partial charge in [-0.1, -0.05) is 25.5 Å². The van der Waals surface area contributed by atoms with Crippen molar-refractivity contribution in [3.05, 3.63) is 47.2 Å². The molecule has 102 valence electrons. The number of hydrogen-bond donors (Lipinski definition) is 1. The maximum absolute atomic E-state index is 13.2. The van der Waals surface area contributed by atoms with Crippen molar-refractivity contribution in [2.24, 2.45) is 0 Å². The van der Waals surface area contributed by atoms with Crippen LogP contribution >= 0.6 is 0 Å². The van der Waals surface area contributed by atoms with Crippen molar-refractivity contribution >= 4 is 0 Å². The van der Waals surface area contributed by atoms with Gasteiger partial charge in [0.15, 0.2) is 11.7 Å². The molecule has 0 saturated heterocycles. The Kier molecular flexibility index (Phi) is 8.89. The molecule has 0 aliphatic heterocycles. The highest BCUT2D eigenvalue weighted by atomic mass is 19.2. The van der Waals surface area contributed by atoms with Gasteiger partial charge in [-0.15, -0.1) is 0 Å². The lowest BCUT2D eigenvalue weighted by molar-refractivity contribution is 0.538. The largest absolute Gasteiger partial charge is 0.382 e. The predicted octanol–water partition coefficient (Wildman–Crippen LogP) is 4.95. The van der Waals surface area contributed by atoms with Gasteiger partial charge >= 0.3 is 0 Å². The van der Waals surface area contributed by atoms with Crippen molar-refractivity contribution in [2.75, 3.05) is 6.54 Å². The minimum absolute atomic E-state index is 0.268. The second kappa shape index (κ2) is 9.63. The monoisotopic (exact) mass is 255 g/mol. The Bertz CT molecular complexity index is 363. The second-order valence-corrected chi connectivity index (χ2v) is 3.98. The Morgan fingerprint density at radius 1 is 1.11 bits per heavy atom. The Balaban J connectivity index is 4.41. The molecule has 0 saturated carbocycles. The first-order valence-electron chi connectivity index (χ1n) is 6.34. The Hall–Kier alpha value is -1.38. The quantitative estimate of drug-likeness (QED) is 0.634. The summed E-state index contributed by atoms with van der Waals surface area (Å²) in [6.45, 7) is 8.04. The molecule has 0 aromatic rings. The topological polar surface area (TPSA) is 12.0 Å². The van der Waals surface area contributed by atoms with Crippen molar-refractivity contribution in [3.8, 4) is 0 Å². The van der Waals surface area contributed by atoms with Gasteiger partial charge in [0.2, 0.25) is 0 Å². The molecule has 0 aromatic carbocycles. The van der Waals surface area contributed by atoms with E-state index in [1.807, 2.05) is 26.0 Å². The average Bonchev–Trinajstić information content (AvgIpc) is 2.37. The summed E-state index contributed by atoms with van der Waals surface area (Å²) in [5.74, 6) is -1.60. The maximum atomic E-state index is 13.2. The predicted molar refractivity (Wildman–Crippen MR) is 74.5 cm³/mol. The van der Waals surface area contributed by atoms with Crippen molar-refractivity contribution in [1.82, 2.24) is 5.32 Å². The van der Waals surface area contributed by atoms with Crippen LogP contribution in [0.25, 0.3) is 0 Å². The van der Waals surface area contributed by atoms with Crippen molar-refractivity contribution in [3.63, 3.8) is 0 Å². The average molecular weight is 255 g/mol. The first-order chi connectivity index (χ1) is 8.54. The van der Waals surface area contributed by atoms with Crippen LogP contribution in [0, 0.1) is 0 Å². The molecule has 0 atom stereocenters. The molecular formula is C15H23F2N. The fourth-order valence-corrected chi connectivity index (χ4v) is 1.24. The molecular weight excluding hydrogens is 232 g/mol. The van der Waals surface area contributed by atoms with Gasteiger partial charge in [0.25, 0.3) is 0 Å². The molecule has 0 amide bonds. The zero-order chi connectivity index (χ0) is 14.0. The summed E-state index contributed by atoms with van der Waals surface area (Å²) >= 11 is 0. The number of allylic oxidation sites excluding steroid dienone is 6. The third kappa shape index (κ3) is 7.05. The third-order valence-corrected chi connectivity index (χ3v) is 2.47. The van der Waals surface area contributed by atoms with Gasteiger partial charge in [-0.3, -0.25) is 0 Å². The van der Waals surface area contributed by atoms with E-state index in [9.17, 15) is 8.78 Å². The molecule has 1 nitrogen and oxygen atoms in total. The van der Waals surface area contributed by atoms with Crippen molar-refractivity contribution in [1.29, 1.82) is 0 Å². The van der Waals surface area contributed by atoms with Crippen LogP contribution < -0.4 is 5.32 Å². The second-order valence-electron chi connectivity index (χ2n) is 3.98. The standard InChI is InChI=1S/C15H23F2N/c1-5-8-14(16)15(17)9-10-18-13(7-3)11-12(4)6-2/h7-9,11,18H,5-6,10H2,1-4H3/b12-11-,13-7+,14-8+,15-9+. The first kappa shape index (κ1) is 16.6. The van der Waals surface area contributed by atoms with Crippen LogP contribution in [0.2, 0.25) is 0 Å². The molecule has 0 aliphatic carbocycles. The van der Waals surface area contributed by atoms with Crippen LogP contribution in [0.3, 0.4) is 0 Å². The number of rotatable bonds is 7. The van der Waals surface area contributed by atoms with Crippen molar-refractivity contribution < 1.29 is 8.78 Å². The Labute approximate surface area is 109 Å². The molecule has 0 radical (unpaired) electrons. The van der Waals surface area contributed by atoms with E-state index in [1.54, 1.807) is 6.92 Å². The molecule has 0 heterocycles. The molecule has 18 heavy (non-hydrogen) atoms. The fraction of sp³-hybridized carbons (Fsp3) is 0.467. The lowest BCUT2D eigenvalue weighted by Crippen LogP contribution is -2.12. The lowest BCUT2D eigenvalue weighted by atomic mass is 10.2. The fourth-order valence-electron chi connectivity index (χ4n) is 1.24. The highest BCUT2D eigenvalue weighted by Crippen LogP contribution is 2.13. The van der Waals surface area contributed by atoms with Gasteiger partial charge in [0, 0.05) is 12.2 Å². The highest BCUT2D eigenvalue weighted by molar-refractivity contribution is 5.23. The van der Waals surface area contributed by atoms with Crippen LogP contribution in [0.5, 0.6) is 0 Å². The molecule has 0 aliphatic rings. The van der Waals surface area contributed by atoms with E-state index in [1.165, 1.54) is 17.7 Å². The van der Waals surface area contributed by atoms with Gasteiger partial charge in [-0.2, -0.15) is 0 Å². The number of nitrogens with one attached hydrogen (secondary N) is 1. The summed E-state index contributed by atoms with van der Waals surface area (Å²) in [5.41, 5.74) is 2.15. The minimum atomic E-state index is -0.809. The molecule has 0 bridgehead atoms. The van der Waals surface area contributed by atoms with E-state index in [0.29, 0.717) is 6.42 Å². The van der Waals surface area contributed by atoms with Crippen LogP contribution in [0.1, 0.15) is 40.5 Å². The van der Waals surface area contributed by atoms with Gasteiger partial charge in [-0.25, -0.2) is 8.78 Å². The maximum Gasteiger partial charge on any atom is 0.156 e. The molecule has 0 rings (SSSR count). The summed E-state index contributed by atoms with van der Waals surface area (Å²) < 4.78 is 26.2. The summed E-state index contributed by atoms with van der Waals surface area (Å²) in [7, 11) is 0. The molecule has 0 aromatic heterocycles. The van der Waals surface area contributed by atoms with Crippen LogP contribution in [-0.4, -0.2) is 6.54 Å². The zero-order valence-corrected chi connectivity index (χ0v) is 11.7. The summed E-state index contributed by atoms with van der Waals surface area (Å²) in [4.78, 5) is 0. The molecule has 3 heteroatoms. The van der Waals surface area contributed by atoms with Crippen LogP contribution in [0.4, 0.5) is 8.78 Å². The number of halogens is 2. The SMILES string of the molecule is C/C=C(\C=C(\C)CC)NC/C=C(F)\C(F)=C/CC. The highest BCUT2D eigenvalue weighted by Gasteiger charge is 2.01. The van der Waals surface area contributed by atoms with E-state index in [2.05, 4.69) is 12.2 Å².